The normalized spacial score (nSPS) is 17.6. The van der Waals surface area contributed by atoms with Crippen molar-refractivity contribution in [2.24, 2.45) is 7.05 Å². The van der Waals surface area contributed by atoms with Crippen LogP contribution in [0.5, 0.6) is 0 Å². The summed E-state index contributed by atoms with van der Waals surface area (Å²) >= 11 is 0. The molecule has 2 amide bonds. The molecule has 0 aliphatic carbocycles. The molecule has 3 rings (SSSR count). The minimum atomic E-state index is -0.207. The minimum Gasteiger partial charge on any atom is -0.343 e. The number of rotatable bonds is 4. The zero-order chi connectivity index (χ0) is 18.0. The van der Waals surface area contributed by atoms with E-state index in [9.17, 15) is 9.59 Å². The Morgan fingerprint density at radius 3 is 2.84 bits per heavy atom. The monoisotopic (exact) mass is 345 g/mol. The van der Waals surface area contributed by atoms with Gasteiger partial charge in [-0.2, -0.15) is 4.98 Å². The molecule has 0 radical (unpaired) electrons. The van der Waals surface area contributed by atoms with Crippen LogP contribution in [0.25, 0.3) is 0 Å². The van der Waals surface area contributed by atoms with Gasteiger partial charge in [-0.1, -0.05) is 5.16 Å². The number of hydrogen-bond acceptors (Lipinski definition) is 5. The molecule has 0 aromatic carbocycles. The van der Waals surface area contributed by atoms with Gasteiger partial charge in [0.15, 0.2) is 5.82 Å². The van der Waals surface area contributed by atoms with E-state index in [0.29, 0.717) is 17.4 Å². The molecular formula is C17H23N5O3. The number of nitrogens with one attached hydrogen (secondary N) is 1. The van der Waals surface area contributed by atoms with Crippen LogP contribution in [0.3, 0.4) is 0 Å². The summed E-state index contributed by atoms with van der Waals surface area (Å²) in [5.74, 6) is 0.771. The zero-order valence-electron chi connectivity index (χ0n) is 14.8. The minimum absolute atomic E-state index is 0.0256. The Balaban J connectivity index is 1.73. The van der Waals surface area contributed by atoms with E-state index in [1.807, 2.05) is 22.6 Å². The number of aromatic nitrogens is 3. The predicted molar refractivity (Wildman–Crippen MR) is 89.6 cm³/mol. The SMILES string of the molecule is CC(=O)N1CCCCC1c1ccc(C(=O)NCc2noc(C)n2)n1C. The molecular weight excluding hydrogens is 322 g/mol. The highest BCUT2D eigenvalue weighted by atomic mass is 16.5. The van der Waals surface area contributed by atoms with Crippen molar-refractivity contribution in [2.75, 3.05) is 6.54 Å². The zero-order valence-corrected chi connectivity index (χ0v) is 14.8. The molecule has 0 saturated carbocycles. The molecule has 0 bridgehead atoms. The number of amides is 2. The van der Waals surface area contributed by atoms with Crippen LogP contribution in [0.1, 0.15) is 60.1 Å². The van der Waals surface area contributed by atoms with Gasteiger partial charge >= 0.3 is 0 Å². The molecule has 1 atom stereocenters. The van der Waals surface area contributed by atoms with Crippen LogP contribution in [0.2, 0.25) is 0 Å². The molecule has 134 valence electrons. The van der Waals surface area contributed by atoms with Crippen LogP contribution < -0.4 is 5.32 Å². The molecule has 0 spiro atoms. The number of likely N-dealkylation sites (tertiary alicyclic amines) is 1. The lowest BCUT2D eigenvalue weighted by Gasteiger charge is -2.35. The molecule has 2 aromatic heterocycles. The van der Waals surface area contributed by atoms with Gasteiger partial charge in [0.1, 0.15) is 5.69 Å². The van der Waals surface area contributed by atoms with Crippen molar-refractivity contribution in [2.45, 2.75) is 45.7 Å². The first kappa shape index (κ1) is 17.2. The van der Waals surface area contributed by atoms with Crippen molar-refractivity contribution in [1.82, 2.24) is 24.9 Å². The van der Waals surface area contributed by atoms with Gasteiger partial charge in [-0.25, -0.2) is 0 Å². The molecule has 8 heteroatoms. The Hall–Kier alpha value is -2.64. The van der Waals surface area contributed by atoms with Gasteiger partial charge in [-0.15, -0.1) is 0 Å². The highest BCUT2D eigenvalue weighted by Gasteiger charge is 2.28. The van der Waals surface area contributed by atoms with E-state index in [2.05, 4.69) is 15.5 Å². The second kappa shape index (κ2) is 7.08. The Kier molecular flexibility index (Phi) is 4.87. The molecule has 1 aliphatic rings. The molecule has 1 aliphatic heterocycles. The molecule has 1 saturated heterocycles. The van der Waals surface area contributed by atoms with E-state index in [-0.39, 0.29) is 24.4 Å². The fourth-order valence-electron chi connectivity index (χ4n) is 3.37. The second-order valence-corrected chi connectivity index (χ2v) is 6.34. The lowest BCUT2D eigenvalue weighted by atomic mass is 9.99. The maximum Gasteiger partial charge on any atom is 0.268 e. The Labute approximate surface area is 146 Å². The average Bonchev–Trinajstić information content (AvgIpc) is 3.18. The van der Waals surface area contributed by atoms with Crippen LogP contribution in [0.15, 0.2) is 16.7 Å². The topological polar surface area (TPSA) is 93.3 Å². The first-order chi connectivity index (χ1) is 12.0. The molecule has 25 heavy (non-hydrogen) atoms. The molecule has 8 nitrogen and oxygen atoms in total. The third kappa shape index (κ3) is 3.57. The number of aryl methyl sites for hydroxylation is 1. The maximum absolute atomic E-state index is 12.5. The average molecular weight is 345 g/mol. The molecule has 1 fully saturated rings. The van der Waals surface area contributed by atoms with Crippen LogP contribution >= 0.6 is 0 Å². The largest absolute Gasteiger partial charge is 0.343 e. The van der Waals surface area contributed by atoms with E-state index < -0.39 is 0 Å². The third-order valence-electron chi connectivity index (χ3n) is 4.62. The highest BCUT2D eigenvalue weighted by molar-refractivity contribution is 5.92. The molecule has 2 aromatic rings. The van der Waals surface area contributed by atoms with Crippen molar-refractivity contribution < 1.29 is 14.1 Å². The van der Waals surface area contributed by atoms with Crippen LogP contribution in [-0.2, 0) is 18.4 Å². The van der Waals surface area contributed by atoms with Gasteiger partial charge in [0.2, 0.25) is 11.8 Å². The number of carbonyl (C=O) groups is 2. The Bertz CT molecular complexity index is 779. The van der Waals surface area contributed by atoms with Crippen molar-refractivity contribution in [3.8, 4) is 0 Å². The number of carbonyl (C=O) groups excluding carboxylic acids is 2. The fraction of sp³-hybridized carbons (Fsp3) is 0.529. The lowest BCUT2D eigenvalue weighted by Crippen LogP contribution is -2.38. The van der Waals surface area contributed by atoms with Gasteiger partial charge in [0, 0.05) is 33.1 Å². The number of piperidine rings is 1. The van der Waals surface area contributed by atoms with Crippen LogP contribution in [0.4, 0.5) is 0 Å². The number of nitrogens with zero attached hydrogens (tertiary/aromatic N) is 4. The van der Waals surface area contributed by atoms with E-state index in [4.69, 9.17) is 4.52 Å². The Morgan fingerprint density at radius 2 is 2.16 bits per heavy atom. The standard InChI is InChI=1S/C17H23N5O3/c1-11-19-16(20-25-11)10-18-17(24)15-8-7-13(21(15)3)14-6-4-5-9-22(14)12(2)23/h7-8,14H,4-6,9-10H2,1-3H3,(H,18,24). The summed E-state index contributed by atoms with van der Waals surface area (Å²) in [6.07, 6.45) is 3.02. The lowest BCUT2D eigenvalue weighted by molar-refractivity contribution is -0.132. The van der Waals surface area contributed by atoms with E-state index in [1.165, 1.54) is 0 Å². The van der Waals surface area contributed by atoms with Gasteiger partial charge in [-0.3, -0.25) is 9.59 Å². The Morgan fingerprint density at radius 1 is 1.36 bits per heavy atom. The van der Waals surface area contributed by atoms with Gasteiger partial charge < -0.3 is 19.3 Å². The second-order valence-electron chi connectivity index (χ2n) is 6.34. The molecule has 1 unspecified atom stereocenters. The first-order valence-electron chi connectivity index (χ1n) is 8.47. The van der Waals surface area contributed by atoms with Crippen molar-refractivity contribution in [1.29, 1.82) is 0 Å². The van der Waals surface area contributed by atoms with Crippen LogP contribution in [0, 0.1) is 6.92 Å². The van der Waals surface area contributed by atoms with E-state index >= 15 is 0 Å². The maximum atomic E-state index is 12.5. The van der Waals surface area contributed by atoms with E-state index in [0.717, 1.165) is 31.5 Å². The van der Waals surface area contributed by atoms with Gasteiger partial charge in [0.05, 0.1) is 12.6 Å². The summed E-state index contributed by atoms with van der Waals surface area (Å²) in [5, 5.41) is 6.55. The molecule has 3 heterocycles. The van der Waals surface area contributed by atoms with Gasteiger partial charge in [0.25, 0.3) is 5.91 Å². The van der Waals surface area contributed by atoms with Crippen molar-refractivity contribution in [3.63, 3.8) is 0 Å². The predicted octanol–water partition coefficient (Wildman–Crippen LogP) is 1.72. The quantitative estimate of drug-likeness (QED) is 0.911. The van der Waals surface area contributed by atoms with Crippen molar-refractivity contribution in [3.05, 3.63) is 35.2 Å². The summed E-state index contributed by atoms with van der Waals surface area (Å²) in [4.78, 5) is 30.3. The summed E-state index contributed by atoms with van der Waals surface area (Å²) in [5.41, 5.74) is 1.53. The van der Waals surface area contributed by atoms with Crippen molar-refractivity contribution >= 4 is 11.8 Å². The van der Waals surface area contributed by atoms with Crippen LogP contribution in [-0.4, -0.2) is 38.0 Å². The summed E-state index contributed by atoms with van der Waals surface area (Å²) < 4.78 is 6.75. The summed E-state index contributed by atoms with van der Waals surface area (Å²) in [6.45, 7) is 4.28. The van der Waals surface area contributed by atoms with Gasteiger partial charge in [-0.05, 0) is 31.4 Å². The fourth-order valence-corrected chi connectivity index (χ4v) is 3.37. The highest BCUT2D eigenvalue weighted by Crippen LogP contribution is 2.31. The summed E-state index contributed by atoms with van der Waals surface area (Å²) in [6, 6.07) is 3.75. The third-order valence-corrected chi connectivity index (χ3v) is 4.62. The van der Waals surface area contributed by atoms with E-state index in [1.54, 1.807) is 19.9 Å². The first-order valence-corrected chi connectivity index (χ1v) is 8.47. The number of hydrogen-bond donors (Lipinski definition) is 1. The summed E-state index contributed by atoms with van der Waals surface area (Å²) in [7, 11) is 1.86. The smallest absolute Gasteiger partial charge is 0.268 e. The molecule has 1 N–H and O–H groups in total.